The molecule has 0 aromatic carbocycles. The Bertz CT molecular complexity index is 772. The fourth-order valence-corrected chi connectivity index (χ4v) is 3.52. The van der Waals surface area contributed by atoms with E-state index in [2.05, 4.69) is 47.4 Å². The lowest BCUT2D eigenvalue weighted by molar-refractivity contribution is -0.536. The van der Waals surface area contributed by atoms with E-state index in [1.54, 1.807) is 27.9 Å². The van der Waals surface area contributed by atoms with Crippen LogP contribution < -0.4 is 21.3 Å². The molecule has 2 heterocycles. The van der Waals surface area contributed by atoms with Gasteiger partial charge in [0.2, 0.25) is 0 Å². The number of nitrogens with one attached hydrogen (secondary N) is 2. The molecule has 0 atom stereocenters. The largest absolute Gasteiger partial charge is 0.851 e. The first-order valence-corrected chi connectivity index (χ1v) is 13.5. The lowest BCUT2D eigenvalue weighted by Crippen LogP contribution is -2.65. The lowest BCUT2D eigenvalue weighted by Gasteiger charge is -2.60. The van der Waals surface area contributed by atoms with Crippen molar-refractivity contribution in [3.8, 4) is 0 Å². The molecule has 0 unspecified atom stereocenters. The van der Waals surface area contributed by atoms with Crippen LogP contribution in [0.2, 0.25) is 0 Å². The van der Waals surface area contributed by atoms with E-state index in [0.29, 0.717) is 11.4 Å². The summed E-state index contributed by atoms with van der Waals surface area (Å²) in [6.45, 7) is 3.34. The molecule has 1 saturated carbocycles. The van der Waals surface area contributed by atoms with Crippen LogP contribution in [0.5, 0.6) is 0 Å². The number of halogens is 2. The van der Waals surface area contributed by atoms with Crippen molar-refractivity contribution in [3.05, 3.63) is 43.2 Å². The molecule has 2 aromatic heterocycles. The number of aryl methyl sites for hydroxylation is 4. The number of hydrogen-bond acceptors (Lipinski definition) is 4. The first-order chi connectivity index (χ1) is 11.3. The predicted molar refractivity (Wildman–Crippen MR) is 103 cm³/mol. The van der Waals surface area contributed by atoms with Crippen LogP contribution in [0.4, 0.5) is 0 Å². The highest BCUT2D eigenvalue weighted by Gasteiger charge is 2.43. The van der Waals surface area contributed by atoms with Crippen molar-refractivity contribution >= 4 is 37.2 Å². The zero-order valence-electron chi connectivity index (χ0n) is 13.6. The van der Waals surface area contributed by atoms with Crippen molar-refractivity contribution in [2.24, 2.45) is 14.1 Å². The number of H-pyrrole nitrogens is 2. The summed E-state index contributed by atoms with van der Waals surface area (Å²) in [6, 6.07) is 0. The summed E-state index contributed by atoms with van der Waals surface area (Å²) in [7, 11) is 3.08. The maximum absolute atomic E-state index is 12.6. The van der Waals surface area contributed by atoms with Crippen LogP contribution >= 0.6 is 37.2 Å². The van der Waals surface area contributed by atoms with Crippen LogP contribution in [0.25, 0.3) is 0 Å². The van der Waals surface area contributed by atoms with Gasteiger partial charge in [0.05, 0.1) is 0 Å². The molecular formula is C14H18I2N4O4-2. The number of rotatable bonds is 2. The molecule has 0 saturated heterocycles. The average molecular weight is 560 g/mol. The number of nitrogens with zero attached hydrogens (tertiary/aromatic N) is 2. The maximum atomic E-state index is 12.6. The number of aromatic amines is 2. The van der Waals surface area contributed by atoms with Crippen molar-refractivity contribution in [2.45, 2.75) is 37.9 Å². The summed E-state index contributed by atoms with van der Waals surface area (Å²) >= 11 is 4.24. The Balaban J connectivity index is 0.00000100. The van der Waals surface area contributed by atoms with Crippen molar-refractivity contribution in [2.75, 3.05) is 0 Å². The molecule has 24 heavy (non-hydrogen) atoms. The minimum absolute atomic E-state index is 0.253. The van der Waals surface area contributed by atoms with Gasteiger partial charge in [-0.25, -0.2) is 0 Å². The van der Waals surface area contributed by atoms with Crippen LogP contribution in [0.3, 0.4) is 0 Å². The molecule has 10 heteroatoms. The second kappa shape index (κ2) is 7.33. The summed E-state index contributed by atoms with van der Waals surface area (Å²) in [5.74, 6) is -1.82. The van der Waals surface area contributed by atoms with E-state index in [4.69, 9.17) is 0 Å². The molecule has 8 nitrogen and oxygen atoms in total. The van der Waals surface area contributed by atoms with Crippen LogP contribution in [0.1, 0.15) is 34.4 Å². The van der Waals surface area contributed by atoms with Gasteiger partial charge < -0.3 is 10.2 Å². The average Bonchev–Trinajstić information content (AvgIpc) is 2.93. The Hall–Kier alpha value is -0.600. The molecule has 0 aliphatic heterocycles. The summed E-state index contributed by atoms with van der Waals surface area (Å²) < 4.78 is 2.52. The van der Waals surface area contributed by atoms with E-state index < -0.39 is 24.0 Å². The summed E-state index contributed by atoms with van der Waals surface area (Å²) in [5, 5.41) is 30.7. The summed E-state index contributed by atoms with van der Waals surface area (Å²) in [4.78, 5) is 24.2. The fourth-order valence-electron chi connectivity index (χ4n) is 3.52. The van der Waals surface area contributed by atoms with Gasteiger partial charge in [-0.1, -0.05) is 0 Å². The quantitative estimate of drug-likeness (QED) is 0.480. The highest BCUT2D eigenvalue weighted by atomic mass is 128. The van der Waals surface area contributed by atoms with Crippen LogP contribution in [-0.4, -0.2) is 31.8 Å². The van der Waals surface area contributed by atoms with Crippen LogP contribution in [0, 0.1) is 13.8 Å². The zero-order valence-corrected chi connectivity index (χ0v) is 17.9. The van der Waals surface area contributed by atoms with E-state index in [1.807, 2.05) is 0 Å². The van der Waals surface area contributed by atoms with Crippen molar-refractivity contribution in [3.63, 3.8) is 0 Å². The molecule has 2 aromatic rings. The molecule has 3 rings (SSSR count). The fraction of sp³-hybridized carbons (Fsp3) is 0.571. The lowest BCUT2D eigenvalue weighted by atomic mass is 9.63. The molecule has 0 spiro atoms. The molecule has 0 amide bonds. The van der Waals surface area contributed by atoms with Gasteiger partial charge in [0.1, 0.15) is 0 Å². The molecule has 1 fully saturated rings. The van der Waals surface area contributed by atoms with Gasteiger partial charge >= 0.3 is 0 Å². The first-order valence-electron chi connectivity index (χ1n) is 7.22. The Morgan fingerprint density at radius 2 is 1.12 bits per heavy atom. The van der Waals surface area contributed by atoms with E-state index in [9.17, 15) is 19.8 Å². The second-order valence-corrected chi connectivity index (χ2v) is 6.01. The van der Waals surface area contributed by atoms with E-state index >= 15 is 0 Å². The minimum atomic E-state index is -1.29. The monoisotopic (exact) mass is 560 g/mol. The van der Waals surface area contributed by atoms with Gasteiger partial charge in [0, 0.05) is 73.8 Å². The van der Waals surface area contributed by atoms with Gasteiger partial charge in [0.15, 0.2) is 0 Å². The molecule has 0 radical (unpaired) electrons. The van der Waals surface area contributed by atoms with Crippen molar-refractivity contribution < 1.29 is 10.2 Å². The van der Waals surface area contributed by atoms with Gasteiger partial charge in [-0.2, -0.15) is 0 Å². The molecular weight excluding hydrogens is 542 g/mol. The number of hydrogen-bond donors (Lipinski definition) is 2. The maximum Gasteiger partial charge on any atom is 0.269 e. The topological polar surface area (TPSA) is 122 Å². The third kappa shape index (κ3) is 2.90. The van der Waals surface area contributed by atoms with Gasteiger partial charge in [0.25, 0.3) is 11.1 Å². The molecule has 1 aliphatic rings. The smallest absolute Gasteiger partial charge is 0.269 e. The van der Waals surface area contributed by atoms with Crippen molar-refractivity contribution in [1.82, 2.24) is 19.6 Å². The number of aromatic nitrogens is 4. The van der Waals surface area contributed by atoms with Gasteiger partial charge in [-0.3, -0.25) is 29.2 Å². The van der Waals surface area contributed by atoms with Gasteiger partial charge in [-0.15, -0.1) is 12.2 Å². The zero-order chi connectivity index (χ0) is 18.3. The SMILES string of the molecule is Cc1[nH]n(C)c(=O)c1C1C([O-])C(c2c(C)[nH]n(C)c2=O)C1[O-].II. The Kier molecular flexibility index (Phi) is 6.03. The minimum Gasteiger partial charge on any atom is -0.851 e. The van der Waals surface area contributed by atoms with Crippen LogP contribution in [-0.2, 0) is 14.1 Å². The summed E-state index contributed by atoms with van der Waals surface area (Å²) in [5.41, 5.74) is 0.892. The highest BCUT2D eigenvalue weighted by Crippen LogP contribution is 2.44. The Morgan fingerprint density at radius 1 is 0.833 bits per heavy atom. The highest BCUT2D eigenvalue weighted by molar-refractivity contribution is 15.0. The van der Waals surface area contributed by atoms with Crippen molar-refractivity contribution in [1.29, 1.82) is 0 Å². The van der Waals surface area contributed by atoms with Gasteiger partial charge in [-0.05, 0) is 25.7 Å². The van der Waals surface area contributed by atoms with E-state index in [-0.39, 0.29) is 22.2 Å². The Morgan fingerprint density at radius 3 is 1.33 bits per heavy atom. The third-order valence-corrected chi connectivity index (χ3v) is 4.63. The molecule has 1 aliphatic carbocycles. The third-order valence-electron chi connectivity index (χ3n) is 4.63. The standard InChI is InChI=1S/C14H18N4O4.I2/c1-5-7(13(21)17(3)15-5)9-11(19)10(12(9)20)8-6(2)16-18(4)14(8)22;1-2/h9-12,15-16H,1-4H3;/q-2;. The van der Waals surface area contributed by atoms with Crippen LogP contribution in [0.15, 0.2) is 9.59 Å². The summed E-state index contributed by atoms with van der Waals surface area (Å²) in [6.07, 6.45) is -2.57. The molecule has 0 bridgehead atoms. The first kappa shape index (κ1) is 19.7. The normalized spacial score (nSPS) is 25.8. The van der Waals surface area contributed by atoms with E-state index in [1.165, 1.54) is 9.36 Å². The predicted octanol–water partition coefficient (Wildman–Crippen LogP) is -0.533. The van der Waals surface area contributed by atoms with E-state index in [0.717, 1.165) is 0 Å². The Labute approximate surface area is 161 Å². The second-order valence-electron chi connectivity index (χ2n) is 6.01. The molecule has 134 valence electrons. The molecule has 2 N–H and O–H groups in total.